The van der Waals surface area contributed by atoms with Crippen LogP contribution in [0.3, 0.4) is 0 Å². The molecule has 0 spiro atoms. The van der Waals surface area contributed by atoms with Gasteiger partial charge in [-0.3, -0.25) is 4.79 Å². The Kier molecular flexibility index (Phi) is 5.88. The molecular weight excluding hydrogens is 370 g/mol. The third-order valence-corrected chi connectivity index (χ3v) is 5.88. The van der Waals surface area contributed by atoms with Gasteiger partial charge in [0.15, 0.2) is 11.2 Å². The van der Waals surface area contributed by atoms with Gasteiger partial charge >= 0.3 is 11.9 Å². The Morgan fingerprint density at radius 3 is 2.56 bits per heavy atom. The van der Waals surface area contributed by atoms with Crippen LogP contribution in [0.5, 0.6) is 0 Å². The molecule has 1 saturated carbocycles. The van der Waals surface area contributed by atoms with E-state index in [-0.39, 0.29) is 11.6 Å². The van der Waals surface area contributed by atoms with E-state index in [1.807, 2.05) is 0 Å². The van der Waals surface area contributed by atoms with Crippen molar-refractivity contribution in [3.63, 3.8) is 0 Å². The van der Waals surface area contributed by atoms with Gasteiger partial charge in [0.1, 0.15) is 5.57 Å². The summed E-state index contributed by atoms with van der Waals surface area (Å²) in [6.45, 7) is 1.69. The van der Waals surface area contributed by atoms with Crippen LogP contribution in [0.15, 0.2) is 26.6 Å². The maximum absolute atomic E-state index is 12.6. The average Bonchev–Trinajstić information content (AvgIpc) is 2.66. The fraction of sp³-hybridized carbons (Fsp3) is 0.556. The number of ether oxygens (including phenoxy) is 2. The Labute approximate surface area is 161 Å². The summed E-state index contributed by atoms with van der Waals surface area (Å²) < 4.78 is 11.5. The summed E-state index contributed by atoms with van der Waals surface area (Å²) in [4.78, 5) is 41.1. The lowest BCUT2D eigenvalue weighted by molar-refractivity contribution is -0.147. The second-order valence-electron chi connectivity index (χ2n) is 6.63. The topological polar surface area (TPSA) is 99.5 Å². The quantitative estimate of drug-likeness (QED) is 0.609. The number of rotatable bonds is 4. The van der Waals surface area contributed by atoms with Gasteiger partial charge in [-0.2, -0.15) is 4.98 Å². The number of thioether (sulfide) groups is 1. The van der Waals surface area contributed by atoms with Crippen molar-refractivity contribution in [2.75, 3.05) is 14.2 Å². The van der Waals surface area contributed by atoms with Gasteiger partial charge in [-0.1, -0.05) is 19.3 Å². The predicted octanol–water partition coefficient (Wildman–Crippen LogP) is 1.68. The van der Waals surface area contributed by atoms with E-state index in [0.717, 1.165) is 25.7 Å². The maximum atomic E-state index is 12.6. The van der Waals surface area contributed by atoms with E-state index >= 15 is 0 Å². The highest BCUT2D eigenvalue weighted by atomic mass is 32.2. The number of carbonyl (C=O) groups excluding carboxylic acids is 2. The van der Waals surface area contributed by atoms with Gasteiger partial charge < -0.3 is 19.4 Å². The number of nitrogens with zero attached hydrogens (tertiary/aromatic N) is 2. The van der Waals surface area contributed by atoms with Gasteiger partial charge in [0.2, 0.25) is 0 Å². The third kappa shape index (κ3) is 3.87. The summed E-state index contributed by atoms with van der Waals surface area (Å²) in [6.07, 6.45) is 5.37. The van der Waals surface area contributed by atoms with E-state index < -0.39 is 23.5 Å². The van der Waals surface area contributed by atoms with E-state index in [0.29, 0.717) is 15.9 Å². The SMILES string of the molecule is COC(=O)C1=C(NC2CCCCC2)Sc2nc(=O)cc(C)n2C1C(=O)OC. The highest BCUT2D eigenvalue weighted by Crippen LogP contribution is 2.40. The van der Waals surface area contributed by atoms with Crippen LogP contribution in [0, 0.1) is 6.92 Å². The van der Waals surface area contributed by atoms with E-state index in [9.17, 15) is 14.4 Å². The molecule has 9 heteroatoms. The van der Waals surface area contributed by atoms with Gasteiger partial charge in [-0.25, -0.2) is 9.59 Å². The molecule has 0 bridgehead atoms. The molecule has 1 unspecified atom stereocenters. The first-order chi connectivity index (χ1) is 13.0. The second-order valence-corrected chi connectivity index (χ2v) is 7.61. The largest absolute Gasteiger partial charge is 0.467 e. The minimum atomic E-state index is -1.06. The van der Waals surface area contributed by atoms with Crippen LogP contribution in [-0.4, -0.2) is 41.8 Å². The molecule has 2 aliphatic rings. The maximum Gasteiger partial charge on any atom is 0.339 e. The number of fused-ring (bicyclic) bond motifs is 1. The van der Waals surface area contributed by atoms with Crippen LogP contribution in [0.4, 0.5) is 0 Å². The molecule has 0 radical (unpaired) electrons. The van der Waals surface area contributed by atoms with Crippen molar-refractivity contribution in [3.05, 3.63) is 32.7 Å². The zero-order chi connectivity index (χ0) is 19.6. The number of methoxy groups -OCH3 is 2. The van der Waals surface area contributed by atoms with Crippen LogP contribution in [0.2, 0.25) is 0 Å². The van der Waals surface area contributed by atoms with Crippen molar-refractivity contribution in [2.45, 2.75) is 56.3 Å². The van der Waals surface area contributed by atoms with Crippen LogP contribution in [0.1, 0.15) is 43.8 Å². The van der Waals surface area contributed by atoms with E-state index in [1.165, 1.54) is 38.5 Å². The first kappa shape index (κ1) is 19.5. The Bertz CT molecular complexity index is 842. The fourth-order valence-corrected chi connectivity index (χ4v) is 4.75. The first-order valence-electron chi connectivity index (χ1n) is 8.91. The summed E-state index contributed by atoms with van der Waals surface area (Å²) in [5, 5.41) is 4.24. The molecule has 0 amide bonds. The highest BCUT2D eigenvalue weighted by Gasteiger charge is 2.40. The zero-order valence-corrected chi connectivity index (χ0v) is 16.4. The number of hydrogen-bond donors (Lipinski definition) is 1. The average molecular weight is 393 g/mol. The fourth-order valence-electron chi connectivity index (χ4n) is 3.55. The van der Waals surface area contributed by atoms with E-state index in [4.69, 9.17) is 9.47 Å². The predicted molar refractivity (Wildman–Crippen MR) is 99.2 cm³/mol. The third-order valence-electron chi connectivity index (χ3n) is 4.86. The first-order valence-corrected chi connectivity index (χ1v) is 9.72. The monoisotopic (exact) mass is 393 g/mol. The minimum absolute atomic E-state index is 0.181. The number of nitrogens with one attached hydrogen (secondary N) is 1. The Balaban J connectivity index is 2.13. The lowest BCUT2D eigenvalue weighted by Gasteiger charge is -2.33. The van der Waals surface area contributed by atoms with Gasteiger partial charge in [0, 0.05) is 17.8 Å². The van der Waals surface area contributed by atoms with Gasteiger partial charge in [-0.05, 0) is 31.5 Å². The number of carbonyl (C=O) groups is 2. The minimum Gasteiger partial charge on any atom is -0.467 e. The number of aromatic nitrogens is 2. The molecule has 3 rings (SSSR count). The van der Waals surface area contributed by atoms with Crippen molar-refractivity contribution < 1.29 is 19.1 Å². The van der Waals surface area contributed by atoms with Gasteiger partial charge in [-0.15, -0.1) is 0 Å². The molecule has 2 heterocycles. The molecule has 1 aliphatic heterocycles. The summed E-state index contributed by atoms with van der Waals surface area (Å²) in [5.74, 6) is -1.23. The van der Waals surface area contributed by atoms with Crippen molar-refractivity contribution in [3.8, 4) is 0 Å². The zero-order valence-electron chi connectivity index (χ0n) is 15.6. The molecule has 1 aliphatic carbocycles. The Hall–Kier alpha value is -2.29. The van der Waals surface area contributed by atoms with Crippen LogP contribution in [-0.2, 0) is 19.1 Å². The summed E-state index contributed by atoms with van der Waals surface area (Å²) in [5.41, 5.74) is 0.306. The number of hydrogen-bond acceptors (Lipinski definition) is 8. The van der Waals surface area contributed by atoms with E-state index in [1.54, 1.807) is 11.5 Å². The second kappa shape index (κ2) is 8.16. The summed E-state index contributed by atoms with van der Waals surface area (Å²) in [7, 11) is 2.54. The number of aryl methyl sites for hydroxylation is 1. The van der Waals surface area contributed by atoms with Crippen molar-refractivity contribution in [2.24, 2.45) is 0 Å². The van der Waals surface area contributed by atoms with Crippen molar-refractivity contribution >= 4 is 23.7 Å². The van der Waals surface area contributed by atoms with Crippen LogP contribution < -0.4 is 10.9 Å². The summed E-state index contributed by atoms with van der Waals surface area (Å²) in [6, 6.07) is 0.467. The van der Waals surface area contributed by atoms with Gasteiger partial charge in [0.25, 0.3) is 5.56 Å². The van der Waals surface area contributed by atoms with Gasteiger partial charge in [0.05, 0.1) is 19.2 Å². The smallest absolute Gasteiger partial charge is 0.339 e. The molecule has 27 heavy (non-hydrogen) atoms. The highest BCUT2D eigenvalue weighted by molar-refractivity contribution is 8.03. The van der Waals surface area contributed by atoms with Crippen LogP contribution >= 0.6 is 11.8 Å². The lowest BCUT2D eigenvalue weighted by atomic mass is 9.95. The molecule has 1 aromatic heterocycles. The Morgan fingerprint density at radius 2 is 1.93 bits per heavy atom. The molecule has 146 valence electrons. The molecule has 1 N–H and O–H groups in total. The molecule has 8 nitrogen and oxygen atoms in total. The molecular formula is C18H23N3O5S. The molecule has 0 aromatic carbocycles. The lowest BCUT2D eigenvalue weighted by Crippen LogP contribution is -2.39. The van der Waals surface area contributed by atoms with Crippen molar-refractivity contribution in [1.29, 1.82) is 0 Å². The van der Waals surface area contributed by atoms with Crippen LogP contribution in [0.25, 0.3) is 0 Å². The molecule has 1 aromatic rings. The molecule has 1 atom stereocenters. The van der Waals surface area contributed by atoms with Crippen molar-refractivity contribution in [1.82, 2.24) is 14.9 Å². The standard InChI is InChI=1S/C18H23N3O5S/c1-10-9-12(22)20-18-21(10)14(17(24)26-3)13(16(23)25-2)15(27-18)19-11-7-5-4-6-8-11/h9,11,14,19H,4-8H2,1-3H3. The van der Waals surface area contributed by atoms with E-state index in [2.05, 4.69) is 10.3 Å². The summed E-state index contributed by atoms with van der Waals surface area (Å²) >= 11 is 1.17. The molecule has 1 fully saturated rings. The normalized spacial score (nSPS) is 20.0. The molecule has 0 saturated heterocycles. The number of esters is 2. The Morgan fingerprint density at radius 1 is 1.22 bits per heavy atom.